The molecule has 1 fully saturated rings. The van der Waals surface area contributed by atoms with Crippen LogP contribution >= 0.6 is 0 Å². The van der Waals surface area contributed by atoms with Gasteiger partial charge in [0, 0.05) is 30.9 Å². The Morgan fingerprint density at radius 1 is 1.44 bits per heavy atom. The fraction of sp³-hybridized carbons (Fsp3) is 0.389. The van der Waals surface area contributed by atoms with Crippen molar-refractivity contribution in [3.8, 4) is 0 Å². The fourth-order valence-electron chi connectivity index (χ4n) is 3.00. The van der Waals surface area contributed by atoms with Crippen molar-refractivity contribution < 1.29 is 9.90 Å². The number of fused-ring (bicyclic) bond motifs is 1. The van der Waals surface area contributed by atoms with Gasteiger partial charge in [-0.15, -0.1) is 0 Å². The number of hydrogen-bond acceptors (Lipinski definition) is 4. The number of imidazole rings is 1. The van der Waals surface area contributed by atoms with Crippen LogP contribution in [0.1, 0.15) is 47.6 Å². The lowest BCUT2D eigenvalue weighted by Crippen LogP contribution is -2.38. The van der Waals surface area contributed by atoms with Gasteiger partial charge in [0.2, 0.25) is 0 Å². The largest absolute Gasteiger partial charge is 0.383 e. The lowest BCUT2D eigenvalue weighted by molar-refractivity contribution is 0.0525. The van der Waals surface area contributed by atoms with Crippen LogP contribution in [0, 0.1) is 0 Å². The van der Waals surface area contributed by atoms with Crippen LogP contribution in [0.25, 0.3) is 5.52 Å². The predicted molar refractivity (Wildman–Crippen MR) is 92.3 cm³/mol. The van der Waals surface area contributed by atoms with E-state index >= 15 is 0 Å². The Labute approximate surface area is 145 Å². The zero-order valence-corrected chi connectivity index (χ0v) is 14.3. The van der Waals surface area contributed by atoms with Gasteiger partial charge in [-0.25, -0.2) is 4.98 Å². The van der Waals surface area contributed by atoms with Crippen LogP contribution in [-0.4, -0.2) is 36.7 Å². The summed E-state index contributed by atoms with van der Waals surface area (Å²) in [6, 6.07) is 5.73. The maximum absolute atomic E-state index is 12.7. The molecule has 1 saturated carbocycles. The van der Waals surface area contributed by atoms with Crippen molar-refractivity contribution in [1.29, 1.82) is 0 Å². The predicted octanol–water partition coefficient (Wildman–Crippen LogP) is 1.58. The average molecular weight is 339 g/mol. The smallest absolute Gasteiger partial charge is 0.272 e. The minimum atomic E-state index is -1.20. The number of hydrogen-bond donors (Lipinski definition) is 2. The van der Waals surface area contributed by atoms with Crippen molar-refractivity contribution in [3.63, 3.8) is 0 Å². The van der Waals surface area contributed by atoms with Crippen LogP contribution in [0.2, 0.25) is 0 Å². The van der Waals surface area contributed by atoms with E-state index in [0.29, 0.717) is 17.2 Å². The van der Waals surface area contributed by atoms with Gasteiger partial charge in [-0.2, -0.15) is 5.10 Å². The van der Waals surface area contributed by atoms with E-state index in [9.17, 15) is 9.90 Å². The summed E-state index contributed by atoms with van der Waals surface area (Å²) in [5.74, 6) is 1.11. The van der Waals surface area contributed by atoms with Gasteiger partial charge >= 0.3 is 0 Å². The number of aryl methyl sites for hydroxylation is 1. The topological polar surface area (TPSA) is 84.5 Å². The van der Waals surface area contributed by atoms with E-state index in [1.54, 1.807) is 31.0 Å². The molecule has 1 unspecified atom stereocenters. The third-order valence-corrected chi connectivity index (χ3v) is 4.65. The highest BCUT2D eigenvalue weighted by Crippen LogP contribution is 2.40. The SMILES string of the molecule is Cn1cc(C(C)(O)CNC(=O)c2nc(C3CC3)n3ccccc23)cn1. The summed E-state index contributed by atoms with van der Waals surface area (Å²) >= 11 is 0. The maximum Gasteiger partial charge on any atom is 0.272 e. The number of amides is 1. The van der Waals surface area contributed by atoms with Crippen molar-refractivity contribution in [3.05, 3.63) is 53.9 Å². The zero-order chi connectivity index (χ0) is 17.6. The van der Waals surface area contributed by atoms with E-state index in [1.165, 1.54) is 0 Å². The number of carbonyl (C=O) groups is 1. The standard InChI is InChI=1S/C18H21N5O2/c1-18(25,13-9-20-22(2)10-13)11-19-17(24)15-14-5-3-4-8-23(14)16(21-15)12-6-7-12/h3-5,8-10,12,25H,6-7,11H2,1-2H3,(H,19,24). The van der Waals surface area contributed by atoms with Crippen LogP contribution in [-0.2, 0) is 12.6 Å². The minimum Gasteiger partial charge on any atom is -0.383 e. The molecule has 1 aliphatic rings. The van der Waals surface area contributed by atoms with E-state index in [4.69, 9.17) is 0 Å². The summed E-state index contributed by atoms with van der Waals surface area (Å²) in [5.41, 5.74) is 0.662. The van der Waals surface area contributed by atoms with Gasteiger partial charge in [0.15, 0.2) is 5.69 Å². The highest BCUT2D eigenvalue weighted by atomic mass is 16.3. The van der Waals surface area contributed by atoms with Gasteiger partial charge in [0.1, 0.15) is 11.4 Å². The Balaban J connectivity index is 1.56. The molecule has 0 spiro atoms. The maximum atomic E-state index is 12.7. The first-order chi connectivity index (χ1) is 12.0. The van der Waals surface area contributed by atoms with E-state index in [1.807, 2.05) is 28.8 Å². The summed E-state index contributed by atoms with van der Waals surface area (Å²) in [7, 11) is 1.79. The van der Waals surface area contributed by atoms with Gasteiger partial charge in [-0.1, -0.05) is 6.07 Å². The monoisotopic (exact) mass is 339 g/mol. The Morgan fingerprint density at radius 2 is 2.24 bits per heavy atom. The Hall–Kier alpha value is -2.67. The van der Waals surface area contributed by atoms with Gasteiger partial charge in [0.05, 0.1) is 18.3 Å². The Kier molecular flexibility index (Phi) is 3.61. The highest BCUT2D eigenvalue weighted by Gasteiger charge is 2.31. The summed E-state index contributed by atoms with van der Waals surface area (Å²) < 4.78 is 3.61. The summed E-state index contributed by atoms with van der Waals surface area (Å²) in [5, 5.41) is 17.5. The average Bonchev–Trinajstić information content (AvgIpc) is 3.22. The highest BCUT2D eigenvalue weighted by molar-refractivity contribution is 5.99. The van der Waals surface area contributed by atoms with Crippen LogP contribution in [0.15, 0.2) is 36.8 Å². The molecule has 130 valence electrons. The second-order valence-corrected chi connectivity index (χ2v) is 6.91. The number of nitrogens with zero attached hydrogens (tertiary/aromatic N) is 4. The normalized spacial score (nSPS) is 16.8. The van der Waals surface area contributed by atoms with Crippen LogP contribution in [0.5, 0.6) is 0 Å². The molecule has 0 aromatic carbocycles. The van der Waals surface area contributed by atoms with E-state index < -0.39 is 5.60 Å². The van der Waals surface area contributed by atoms with E-state index in [-0.39, 0.29) is 12.5 Å². The molecule has 3 aromatic rings. The number of pyridine rings is 1. The van der Waals surface area contributed by atoms with E-state index in [2.05, 4.69) is 15.4 Å². The van der Waals surface area contributed by atoms with Gasteiger partial charge < -0.3 is 14.8 Å². The molecule has 1 amide bonds. The molecule has 3 heterocycles. The zero-order valence-electron chi connectivity index (χ0n) is 14.3. The van der Waals surface area contributed by atoms with Crippen LogP contribution in [0.3, 0.4) is 0 Å². The number of aromatic nitrogens is 4. The third kappa shape index (κ3) is 2.91. The molecule has 4 rings (SSSR count). The molecule has 7 nitrogen and oxygen atoms in total. The molecule has 0 bridgehead atoms. The lowest BCUT2D eigenvalue weighted by Gasteiger charge is -2.22. The second-order valence-electron chi connectivity index (χ2n) is 6.91. The molecular formula is C18H21N5O2. The van der Waals surface area contributed by atoms with Crippen molar-refractivity contribution in [2.75, 3.05) is 6.54 Å². The van der Waals surface area contributed by atoms with Crippen LogP contribution < -0.4 is 5.32 Å². The third-order valence-electron chi connectivity index (χ3n) is 4.65. The minimum absolute atomic E-state index is 0.0855. The van der Waals surface area contributed by atoms with E-state index in [0.717, 1.165) is 24.2 Å². The molecule has 3 aromatic heterocycles. The van der Waals surface area contributed by atoms with Crippen molar-refractivity contribution >= 4 is 11.4 Å². The first-order valence-electron chi connectivity index (χ1n) is 8.42. The lowest BCUT2D eigenvalue weighted by atomic mass is 10.00. The fourth-order valence-corrected chi connectivity index (χ4v) is 3.00. The first-order valence-corrected chi connectivity index (χ1v) is 8.42. The summed E-state index contributed by atoms with van der Waals surface area (Å²) in [6.07, 6.45) is 7.51. The molecule has 0 radical (unpaired) electrons. The summed E-state index contributed by atoms with van der Waals surface area (Å²) in [6.45, 7) is 1.74. The summed E-state index contributed by atoms with van der Waals surface area (Å²) in [4.78, 5) is 17.3. The van der Waals surface area contributed by atoms with Crippen LogP contribution in [0.4, 0.5) is 0 Å². The molecule has 1 atom stereocenters. The molecular weight excluding hydrogens is 318 g/mol. The van der Waals surface area contributed by atoms with Crippen molar-refractivity contribution in [2.45, 2.75) is 31.3 Å². The first kappa shape index (κ1) is 15.8. The Bertz CT molecular complexity index is 936. The molecule has 0 aliphatic heterocycles. The Morgan fingerprint density at radius 3 is 2.92 bits per heavy atom. The molecule has 1 aliphatic carbocycles. The molecule has 7 heteroatoms. The number of rotatable bonds is 5. The second kappa shape index (κ2) is 5.70. The number of aliphatic hydroxyl groups is 1. The van der Waals surface area contributed by atoms with Crippen molar-refractivity contribution in [2.24, 2.45) is 7.05 Å². The van der Waals surface area contributed by atoms with Gasteiger partial charge in [-0.05, 0) is 31.9 Å². The van der Waals surface area contributed by atoms with Gasteiger partial charge in [-0.3, -0.25) is 9.48 Å². The quantitative estimate of drug-likeness (QED) is 0.739. The number of nitrogens with one attached hydrogen (secondary N) is 1. The molecule has 0 saturated heterocycles. The van der Waals surface area contributed by atoms with Crippen molar-refractivity contribution in [1.82, 2.24) is 24.5 Å². The van der Waals surface area contributed by atoms with Gasteiger partial charge in [0.25, 0.3) is 5.91 Å². The molecule has 25 heavy (non-hydrogen) atoms. The number of carbonyl (C=O) groups excluding carboxylic acids is 1. The molecule has 2 N–H and O–H groups in total.